The molecular weight excluding hydrogens is 368 g/mol. The molecule has 7 nitrogen and oxygen atoms in total. The third-order valence-electron chi connectivity index (χ3n) is 5.27. The fraction of sp³-hybridized carbons (Fsp3) is 0.455. The highest BCUT2D eigenvalue weighted by atomic mass is 16.5. The van der Waals surface area contributed by atoms with Crippen molar-refractivity contribution in [2.75, 3.05) is 50.1 Å². The molecule has 0 bridgehead atoms. The number of β-amino-alcohol motifs (C(OH)–C–C–N with tert-alkyl or cyclic N) is 1. The van der Waals surface area contributed by atoms with E-state index in [0.29, 0.717) is 17.0 Å². The number of aliphatic hydroxyl groups excluding tert-OH is 1. The average molecular weight is 399 g/mol. The van der Waals surface area contributed by atoms with Gasteiger partial charge in [0.1, 0.15) is 11.6 Å². The Hall–Kier alpha value is -2.64. The van der Waals surface area contributed by atoms with Crippen LogP contribution in [0, 0.1) is 5.92 Å². The zero-order chi connectivity index (χ0) is 20.8. The lowest BCUT2D eigenvalue weighted by Crippen LogP contribution is -2.49. The molecule has 1 aromatic carbocycles. The molecule has 156 valence electrons. The van der Waals surface area contributed by atoms with Crippen LogP contribution in [0.15, 0.2) is 42.6 Å². The predicted molar refractivity (Wildman–Crippen MR) is 115 cm³/mol. The first-order chi connectivity index (χ1) is 14.0. The summed E-state index contributed by atoms with van der Waals surface area (Å²) >= 11 is 0. The summed E-state index contributed by atoms with van der Waals surface area (Å²) in [4.78, 5) is 21.4. The Morgan fingerprint density at radius 2 is 1.83 bits per heavy atom. The standard InChI is InChI=1S/C22H30N4O3/c1-16(2)20(27)15-25-10-12-26(13-11-25)21-9-6-18(14-23-21)24-22(28)17-4-7-19(29-3)8-5-17/h4-9,14,16,20,27H,10-13,15H2,1-3H3,(H,24,28). The Labute approximate surface area is 172 Å². The minimum Gasteiger partial charge on any atom is -0.497 e. The molecule has 0 spiro atoms. The highest BCUT2D eigenvalue weighted by Gasteiger charge is 2.21. The lowest BCUT2D eigenvalue weighted by atomic mass is 10.1. The van der Waals surface area contributed by atoms with Crippen LogP contribution in [0.3, 0.4) is 0 Å². The zero-order valence-electron chi connectivity index (χ0n) is 17.3. The molecule has 1 amide bonds. The number of aliphatic hydroxyl groups is 1. The summed E-state index contributed by atoms with van der Waals surface area (Å²) in [7, 11) is 1.59. The van der Waals surface area contributed by atoms with Crippen molar-refractivity contribution in [2.45, 2.75) is 20.0 Å². The number of ether oxygens (including phenoxy) is 1. The third-order valence-corrected chi connectivity index (χ3v) is 5.27. The van der Waals surface area contributed by atoms with E-state index in [2.05, 4.69) is 20.1 Å². The molecule has 1 unspecified atom stereocenters. The molecule has 0 radical (unpaired) electrons. The lowest BCUT2D eigenvalue weighted by molar-refractivity contribution is 0.0739. The second kappa shape index (κ2) is 9.71. The first-order valence-corrected chi connectivity index (χ1v) is 10.0. The number of aromatic nitrogens is 1. The van der Waals surface area contributed by atoms with Crippen LogP contribution in [-0.2, 0) is 0 Å². The third kappa shape index (κ3) is 5.68. The maximum atomic E-state index is 12.4. The molecule has 7 heteroatoms. The molecule has 1 aliphatic rings. The number of piperazine rings is 1. The molecule has 3 rings (SSSR count). The summed E-state index contributed by atoms with van der Waals surface area (Å²) in [6, 6.07) is 10.8. The monoisotopic (exact) mass is 398 g/mol. The summed E-state index contributed by atoms with van der Waals surface area (Å²) in [5.41, 5.74) is 1.22. The van der Waals surface area contributed by atoms with E-state index in [9.17, 15) is 9.90 Å². The van der Waals surface area contributed by atoms with Gasteiger partial charge in [-0.2, -0.15) is 0 Å². The molecule has 1 aromatic heterocycles. The maximum absolute atomic E-state index is 12.4. The van der Waals surface area contributed by atoms with E-state index in [1.165, 1.54) is 0 Å². The molecule has 1 aliphatic heterocycles. The first-order valence-electron chi connectivity index (χ1n) is 10.0. The van der Waals surface area contributed by atoms with Gasteiger partial charge < -0.3 is 20.1 Å². The smallest absolute Gasteiger partial charge is 0.255 e. The zero-order valence-corrected chi connectivity index (χ0v) is 17.3. The van der Waals surface area contributed by atoms with Gasteiger partial charge >= 0.3 is 0 Å². The Morgan fingerprint density at radius 3 is 2.38 bits per heavy atom. The molecule has 0 aliphatic carbocycles. The van der Waals surface area contributed by atoms with Crippen molar-refractivity contribution in [3.8, 4) is 5.75 Å². The van der Waals surface area contributed by atoms with Gasteiger partial charge in [0.15, 0.2) is 0 Å². The van der Waals surface area contributed by atoms with Crippen molar-refractivity contribution in [2.24, 2.45) is 5.92 Å². The van der Waals surface area contributed by atoms with Crippen molar-refractivity contribution >= 4 is 17.4 Å². The summed E-state index contributed by atoms with van der Waals surface area (Å²) in [5.74, 6) is 1.71. The average Bonchev–Trinajstić information content (AvgIpc) is 2.75. The van der Waals surface area contributed by atoms with Crippen LogP contribution >= 0.6 is 0 Å². The highest BCUT2D eigenvalue weighted by molar-refractivity contribution is 6.04. The van der Waals surface area contributed by atoms with Gasteiger partial charge in [-0.1, -0.05) is 13.8 Å². The summed E-state index contributed by atoms with van der Waals surface area (Å²) in [6.45, 7) is 8.35. The Bertz CT molecular complexity index is 785. The number of pyridine rings is 1. The van der Waals surface area contributed by atoms with Crippen LogP contribution in [-0.4, -0.2) is 66.8 Å². The second-order valence-electron chi connectivity index (χ2n) is 7.69. The molecule has 1 fully saturated rings. The van der Waals surface area contributed by atoms with Gasteiger partial charge in [-0.25, -0.2) is 4.98 Å². The van der Waals surface area contributed by atoms with Crippen molar-refractivity contribution in [1.82, 2.24) is 9.88 Å². The van der Waals surface area contributed by atoms with Gasteiger partial charge in [0.25, 0.3) is 5.91 Å². The van der Waals surface area contributed by atoms with Crippen LogP contribution in [0.2, 0.25) is 0 Å². The SMILES string of the molecule is COc1ccc(C(=O)Nc2ccc(N3CCN(CC(O)C(C)C)CC3)nc2)cc1. The normalized spacial score (nSPS) is 16.0. The number of nitrogens with one attached hydrogen (secondary N) is 1. The van der Waals surface area contributed by atoms with Crippen LogP contribution < -0.4 is 15.0 Å². The number of methoxy groups -OCH3 is 1. The number of hydrogen-bond donors (Lipinski definition) is 2. The summed E-state index contributed by atoms with van der Waals surface area (Å²) in [6.07, 6.45) is 1.40. The maximum Gasteiger partial charge on any atom is 0.255 e. The number of rotatable bonds is 7. The van der Waals surface area contributed by atoms with Gasteiger partial charge in [-0.05, 0) is 42.3 Å². The number of carbonyl (C=O) groups is 1. The van der Waals surface area contributed by atoms with Crippen LogP contribution in [0.5, 0.6) is 5.75 Å². The van der Waals surface area contributed by atoms with E-state index in [1.54, 1.807) is 37.6 Å². The Kier molecular flexibility index (Phi) is 7.06. The largest absolute Gasteiger partial charge is 0.497 e. The van der Waals surface area contributed by atoms with E-state index < -0.39 is 0 Å². The number of benzene rings is 1. The van der Waals surface area contributed by atoms with Gasteiger partial charge in [0.05, 0.1) is 25.1 Å². The van der Waals surface area contributed by atoms with E-state index in [0.717, 1.165) is 38.5 Å². The number of nitrogens with zero attached hydrogens (tertiary/aromatic N) is 3. The van der Waals surface area contributed by atoms with E-state index in [-0.39, 0.29) is 17.9 Å². The second-order valence-corrected chi connectivity index (χ2v) is 7.69. The minimum absolute atomic E-state index is 0.181. The molecule has 0 saturated carbocycles. The van der Waals surface area contributed by atoms with E-state index >= 15 is 0 Å². The minimum atomic E-state index is -0.284. The van der Waals surface area contributed by atoms with Crippen molar-refractivity contribution < 1.29 is 14.6 Å². The van der Waals surface area contributed by atoms with Crippen molar-refractivity contribution in [3.63, 3.8) is 0 Å². The molecular formula is C22H30N4O3. The molecule has 2 heterocycles. The van der Waals surface area contributed by atoms with Gasteiger partial charge in [-0.3, -0.25) is 9.69 Å². The van der Waals surface area contributed by atoms with Crippen LogP contribution in [0.4, 0.5) is 11.5 Å². The van der Waals surface area contributed by atoms with Crippen molar-refractivity contribution in [3.05, 3.63) is 48.2 Å². The summed E-state index contributed by atoms with van der Waals surface area (Å²) < 4.78 is 5.11. The van der Waals surface area contributed by atoms with E-state index in [4.69, 9.17) is 4.74 Å². The highest BCUT2D eigenvalue weighted by Crippen LogP contribution is 2.18. The number of amides is 1. The molecule has 29 heavy (non-hydrogen) atoms. The fourth-order valence-corrected chi connectivity index (χ4v) is 3.23. The first kappa shape index (κ1) is 21.1. The van der Waals surface area contributed by atoms with Crippen LogP contribution in [0.1, 0.15) is 24.2 Å². The number of anilines is 2. The van der Waals surface area contributed by atoms with E-state index in [1.807, 2.05) is 26.0 Å². The number of carbonyl (C=O) groups excluding carboxylic acids is 1. The quantitative estimate of drug-likeness (QED) is 0.746. The molecule has 1 atom stereocenters. The molecule has 2 N–H and O–H groups in total. The molecule has 1 saturated heterocycles. The van der Waals surface area contributed by atoms with Crippen LogP contribution in [0.25, 0.3) is 0 Å². The Balaban J connectivity index is 1.52. The molecule has 2 aromatic rings. The summed E-state index contributed by atoms with van der Waals surface area (Å²) in [5, 5.41) is 12.9. The lowest BCUT2D eigenvalue weighted by Gasteiger charge is -2.36. The van der Waals surface area contributed by atoms with Gasteiger partial charge in [0.2, 0.25) is 0 Å². The topological polar surface area (TPSA) is 77.9 Å². The van der Waals surface area contributed by atoms with Gasteiger partial charge in [0, 0.05) is 38.3 Å². The Morgan fingerprint density at radius 1 is 1.14 bits per heavy atom. The number of hydrogen-bond acceptors (Lipinski definition) is 6. The fourth-order valence-electron chi connectivity index (χ4n) is 3.23. The van der Waals surface area contributed by atoms with Crippen molar-refractivity contribution in [1.29, 1.82) is 0 Å². The van der Waals surface area contributed by atoms with Gasteiger partial charge in [-0.15, -0.1) is 0 Å². The predicted octanol–water partition coefficient (Wildman–Crippen LogP) is 2.48.